The van der Waals surface area contributed by atoms with Crippen molar-refractivity contribution in [1.29, 1.82) is 0 Å². The summed E-state index contributed by atoms with van der Waals surface area (Å²) < 4.78 is 1.98. The Kier molecular flexibility index (Phi) is 4.69. The van der Waals surface area contributed by atoms with E-state index in [9.17, 15) is 4.79 Å². The number of carbonyl (C=O) groups is 1. The first-order valence-electron chi connectivity index (χ1n) is 7.54. The van der Waals surface area contributed by atoms with Crippen molar-refractivity contribution in [2.45, 2.75) is 26.7 Å². The molecule has 0 atom stereocenters. The Balaban J connectivity index is 2.16. The van der Waals surface area contributed by atoms with Gasteiger partial charge in [-0.05, 0) is 54.3 Å². The fourth-order valence-electron chi connectivity index (χ4n) is 2.75. The first-order chi connectivity index (χ1) is 11.0. The summed E-state index contributed by atoms with van der Waals surface area (Å²) in [7, 11) is 0. The highest BCUT2D eigenvalue weighted by atomic mass is 79.9. The topological polar surface area (TPSA) is 41.5 Å². The monoisotopic (exact) mass is 434 g/mol. The van der Waals surface area contributed by atoms with Crippen LogP contribution in [0.25, 0.3) is 0 Å². The highest BCUT2D eigenvalue weighted by Crippen LogP contribution is 2.34. The summed E-state index contributed by atoms with van der Waals surface area (Å²) in [5.41, 5.74) is 5.29. The molecule has 0 bridgehead atoms. The van der Waals surface area contributed by atoms with Crippen LogP contribution in [-0.2, 0) is 17.6 Å². The molecule has 2 aromatic rings. The van der Waals surface area contributed by atoms with Gasteiger partial charge in [0, 0.05) is 14.5 Å². The van der Waals surface area contributed by atoms with E-state index in [0.29, 0.717) is 5.71 Å². The van der Waals surface area contributed by atoms with E-state index in [1.165, 1.54) is 0 Å². The first kappa shape index (κ1) is 16.4. The van der Waals surface area contributed by atoms with Crippen LogP contribution in [0.15, 0.2) is 44.3 Å². The van der Waals surface area contributed by atoms with Crippen molar-refractivity contribution in [3.63, 3.8) is 0 Å². The number of aryl methyl sites for hydroxylation is 2. The van der Waals surface area contributed by atoms with Gasteiger partial charge < -0.3 is 5.32 Å². The van der Waals surface area contributed by atoms with Gasteiger partial charge in [-0.3, -0.25) is 4.79 Å². The van der Waals surface area contributed by atoms with Gasteiger partial charge in [0.05, 0.1) is 11.4 Å². The second-order valence-electron chi connectivity index (χ2n) is 5.38. The van der Waals surface area contributed by atoms with Gasteiger partial charge in [-0.15, -0.1) is 0 Å². The predicted molar refractivity (Wildman–Crippen MR) is 102 cm³/mol. The minimum Gasteiger partial charge on any atom is -0.320 e. The molecule has 118 valence electrons. The van der Waals surface area contributed by atoms with E-state index in [0.717, 1.165) is 49.9 Å². The van der Waals surface area contributed by atoms with Gasteiger partial charge in [0.15, 0.2) is 0 Å². The molecule has 1 heterocycles. The van der Waals surface area contributed by atoms with Crippen LogP contribution in [0, 0.1) is 0 Å². The summed E-state index contributed by atoms with van der Waals surface area (Å²) in [6.07, 6.45) is 1.71. The lowest BCUT2D eigenvalue weighted by molar-refractivity contribution is -0.110. The van der Waals surface area contributed by atoms with E-state index in [2.05, 4.69) is 56.0 Å². The third kappa shape index (κ3) is 3.12. The minimum absolute atomic E-state index is 0.141. The molecule has 5 heteroatoms. The second kappa shape index (κ2) is 6.57. The lowest BCUT2D eigenvalue weighted by Crippen LogP contribution is -2.14. The molecule has 3 rings (SSSR count). The van der Waals surface area contributed by atoms with Crippen LogP contribution in [0.4, 0.5) is 11.4 Å². The number of benzene rings is 2. The average molecular weight is 436 g/mol. The molecular weight excluding hydrogens is 420 g/mol. The number of aliphatic imine (C=N–C) groups is 1. The molecule has 1 amide bonds. The van der Waals surface area contributed by atoms with Crippen molar-refractivity contribution < 1.29 is 4.79 Å². The molecule has 2 aromatic carbocycles. The number of hydrogen-bond donors (Lipinski definition) is 1. The van der Waals surface area contributed by atoms with E-state index >= 15 is 0 Å². The highest BCUT2D eigenvalue weighted by molar-refractivity contribution is 9.10. The van der Waals surface area contributed by atoms with Crippen LogP contribution >= 0.6 is 31.9 Å². The van der Waals surface area contributed by atoms with Gasteiger partial charge in [0.1, 0.15) is 5.71 Å². The van der Waals surface area contributed by atoms with E-state index in [1.54, 1.807) is 0 Å². The number of rotatable bonds is 3. The van der Waals surface area contributed by atoms with E-state index in [4.69, 9.17) is 0 Å². The highest BCUT2D eigenvalue weighted by Gasteiger charge is 2.28. The lowest BCUT2D eigenvalue weighted by Gasteiger charge is -2.07. The van der Waals surface area contributed by atoms with Crippen LogP contribution < -0.4 is 5.32 Å². The third-order valence-electron chi connectivity index (χ3n) is 3.93. The maximum atomic E-state index is 12.4. The standard InChI is InChI=1S/C18H16Br2N2O/c1-3-10-7-12(19)5-6-15(10)21-17-14-9-13(20)8-11(4-2)16(14)22-18(17)23/h5-9H,3-4H2,1-2H3,(H,21,22,23). The zero-order valence-electron chi connectivity index (χ0n) is 12.9. The number of hydrogen-bond acceptors (Lipinski definition) is 2. The molecule has 0 saturated heterocycles. The van der Waals surface area contributed by atoms with E-state index in [-0.39, 0.29) is 5.91 Å². The number of nitrogens with one attached hydrogen (secondary N) is 1. The van der Waals surface area contributed by atoms with Crippen molar-refractivity contribution >= 4 is 54.9 Å². The van der Waals surface area contributed by atoms with Crippen LogP contribution in [0.3, 0.4) is 0 Å². The lowest BCUT2D eigenvalue weighted by atomic mass is 10.0. The van der Waals surface area contributed by atoms with Gasteiger partial charge in [0.25, 0.3) is 5.91 Å². The number of halogens is 2. The molecule has 1 aliphatic heterocycles. The van der Waals surface area contributed by atoms with Crippen molar-refractivity contribution in [3.05, 3.63) is 56.0 Å². The van der Waals surface area contributed by atoms with Gasteiger partial charge in [-0.1, -0.05) is 45.7 Å². The number of nitrogens with zero attached hydrogens (tertiary/aromatic N) is 1. The number of anilines is 1. The van der Waals surface area contributed by atoms with Crippen molar-refractivity contribution in [2.75, 3.05) is 5.32 Å². The number of amides is 1. The van der Waals surface area contributed by atoms with Crippen molar-refractivity contribution in [2.24, 2.45) is 4.99 Å². The molecule has 1 aliphatic rings. The molecule has 1 N–H and O–H groups in total. The predicted octanol–water partition coefficient (Wildman–Crippen LogP) is 5.41. The van der Waals surface area contributed by atoms with Crippen LogP contribution in [0.1, 0.15) is 30.5 Å². The first-order valence-corrected chi connectivity index (χ1v) is 9.13. The summed E-state index contributed by atoms with van der Waals surface area (Å²) in [6.45, 7) is 4.16. The molecule has 0 spiro atoms. The van der Waals surface area contributed by atoms with Gasteiger partial charge >= 0.3 is 0 Å². The second-order valence-corrected chi connectivity index (χ2v) is 7.21. The Morgan fingerprint density at radius 3 is 2.39 bits per heavy atom. The quantitative estimate of drug-likeness (QED) is 0.687. The number of carbonyl (C=O) groups excluding carboxylic acids is 1. The molecule has 3 nitrogen and oxygen atoms in total. The normalized spacial score (nSPS) is 15.0. The molecule has 0 aromatic heterocycles. The SMILES string of the molecule is CCc1cc(Br)ccc1N=C1C(=O)Nc2c(CC)cc(Br)cc21. The zero-order chi connectivity index (χ0) is 16.6. The maximum Gasteiger partial charge on any atom is 0.275 e. The summed E-state index contributed by atoms with van der Waals surface area (Å²) in [5, 5.41) is 2.96. The van der Waals surface area contributed by atoms with Crippen molar-refractivity contribution in [1.82, 2.24) is 0 Å². The summed E-state index contributed by atoms with van der Waals surface area (Å²) in [6, 6.07) is 9.94. The molecule has 0 saturated carbocycles. The van der Waals surface area contributed by atoms with Gasteiger partial charge in [0.2, 0.25) is 0 Å². The Bertz CT molecular complexity index is 828. The van der Waals surface area contributed by atoms with E-state index in [1.807, 2.05) is 30.3 Å². The van der Waals surface area contributed by atoms with Crippen molar-refractivity contribution in [3.8, 4) is 0 Å². The smallest absolute Gasteiger partial charge is 0.275 e. The summed E-state index contributed by atoms with van der Waals surface area (Å²) >= 11 is 7.01. The molecule has 0 unspecified atom stereocenters. The molecular formula is C18H16Br2N2O. The maximum absolute atomic E-state index is 12.4. The van der Waals surface area contributed by atoms with Crippen LogP contribution in [0.5, 0.6) is 0 Å². The van der Waals surface area contributed by atoms with E-state index < -0.39 is 0 Å². The molecule has 0 fully saturated rings. The summed E-state index contributed by atoms with van der Waals surface area (Å²) in [5.74, 6) is -0.141. The Morgan fingerprint density at radius 2 is 1.70 bits per heavy atom. The number of fused-ring (bicyclic) bond motifs is 1. The fourth-order valence-corrected chi connectivity index (χ4v) is 3.66. The van der Waals surface area contributed by atoms with Gasteiger partial charge in [-0.25, -0.2) is 4.99 Å². The largest absolute Gasteiger partial charge is 0.320 e. The zero-order valence-corrected chi connectivity index (χ0v) is 16.1. The Labute approximate surface area is 152 Å². The molecule has 23 heavy (non-hydrogen) atoms. The molecule has 0 radical (unpaired) electrons. The van der Waals surface area contributed by atoms with Crippen LogP contribution in [-0.4, -0.2) is 11.6 Å². The molecule has 0 aliphatic carbocycles. The third-order valence-corrected chi connectivity index (χ3v) is 4.88. The van der Waals surface area contributed by atoms with Crippen LogP contribution in [0.2, 0.25) is 0 Å². The summed E-state index contributed by atoms with van der Waals surface area (Å²) in [4.78, 5) is 17.1. The minimum atomic E-state index is -0.141. The fraction of sp³-hybridized carbons (Fsp3) is 0.222. The Morgan fingerprint density at radius 1 is 1.00 bits per heavy atom. The Hall–Kier alpha value is -1.46. The van der Waals surface area contributed by atoms with Gasteiger partial charge in [-0.2, -0.15) is 0 Å². The average Bonchev–Trinajstić information content (AvgIpc) is 2.84.